The lowest BCUT2D eigenvalue weighted by atomic mass is 10.1. The van der Waals surface area contributed by atoms with Crippen molar-refractivity contribution in [1.82, 2.24) is 10.4 Å². The molecular weight excluding hydrogens is 408 g/mol. The summed E-state index contributed by atoms with van der Waals surface area (Å²) in [6, 6.07) is 6.50. The average molecular weight is 434 g/mol. The quantitative estimate of drug-likeness (QED) is 0.153. The van der Waals surface area contributed by atoms with Crippen LogP contribution >= 0.6 is 0 Å². The Morgan fingerprint density at radius 3 is 1.94 bits per heavy atom. The number of ether oxygens (including phenoxy) is 3. The minimum atomic E-state index is -0.636. The van der Waals surface area contributed by atoms with E-state index in [0.29, 0.717) is 17.7 Å². The summed E-state index contributed by atoms with van der Waals surface area (Å²) >= 11 is 0. The van der Waals surface area contributed by atoms with E-state index < -0.39 is 23.8 Å². The first-order valence-electron chi connectivity index (χ1n) is 9.65. The number of rotatable bonds is 9. The Bertz CT molecular complexity index is 828. The summed E-state index contributed by atoms with van der Waals surface area (Å²) in [7, 11) is 0. The predicted molar refractivity (Wildman–Crippen MR) is 109 cm³/mol. The number of Topliss-reactive ketones (excluding diaryl/α,β-unsaturated/α-hetero) is 1. The van der Waals surface area contributed by atoms with E-state index in [1.54, 1.807) is 45.0 Å². The molecule has 2 rings (SSSR count). The molecule has 1 heterocycles. The molecule has 1 aromatic rings. The van der Waals surface area contributed by atoms with Crippen LogP contribution in [0.2, 0.25) is 0 Å². The zero-order valence-electron chi connectivity index (χ0n) is 17.9. The number of carbonyl (C=O) groups excluding carboxylic acids is 5. The third kappa shape index (κ3) is 7.34. The summed E-state index contributed by atoms with van der Waals surface area (Å²) in [6.07, 6.45) is 1.14. The van der Waals surface area contributed by atoms with Gasteiger partial charge in [-0.1, -0.05) is 12.1 Å². The van der Waals surface area contributed by atoms with Crippen LogP contribution in [0.5, 0.6) is 0 Å². The van der Waals surface area contributed by atoms with Gasteiger partial charge in [0.2, 0.25) is 0 Å². The molecule has 0 spiro atoms. The number of amides is 2. The Kier molecular flexibility index (Phi) is 10.6. The van der Waals surface area contributed by atoms with Gasteiger partial charge in [-0.3, -0.25) is 19.2 Å². The second-order valence-electron chi connectivity index (χ2n) is 5.89. The topological polar surface area (TPSA) is 128 Å². The molecule has 1 aliphatic heterocycles. The van der Waals surface area contributed by atoms with Gasteiger partial charge in [0.1, 0.15) is 18.4 Å². The van der Waals surface area contributed by atoms with Crippen LogP contribution in [0.3, 0.4) is 0 Å². The molecule has 0 aromatic heterocycles. The molecule has 1 aromatic carbocycles. The highest BCUT2D eigenvalue weighted by Crippen LogP contribution is 2.20. The molecule has 0 fully saturated rings. The highest BCUT2D eigenvalue weighted by Gasteiger charge is 2.35. The smallest absolute Gasteiger partial charge is 0.344 e. The number of carbonyl (C=O) groups is 5. The SMILES string of the molecule is CCOC(=O)CNN1C(=O)c2ccccc2C1=O.CCOC=C(C(C)=O)C(=O)OCC. The molecule has 10 heteroatoms. The maximum Gasteiger partial charge on any atom is 0.344 e. The summed E-state index contributed by atoms with van der Waals surface area (Å²) in [6.45, 7) is 7.10. The minimum Gasteiger partial charge on any atom is -0.500 e. The number of ketones is 1. The van der Waals surface area contributed by atoms with Gasteiger partial charge in [0, 0.05) is 0 Å². The van der Waals surface area contributed by atoms with Crippen molar-refractivity contribution in [3.8, 4) is 0 Å². The van der Waals surface area contributed by atoms with Crippen LogP contribution in [0.1, 0.15) is 48.4 Å². The number of hydrogen-bond acceptors (Lipinski definition) is 9. The van der Waals surface area contributed by atoms with E-state index in [4.69, 9.17) is 9.47 Å². The first-order chi connectivity index (χ1) is 14.8. The lowest BCUT2D eigenvalue weighted by Crippen LogP contribution is -2.45. The van der Waals surface area contributed by atoms with E-state index in [1.165, 1.54) is 6.92 Å². The molecule has 0 unspecified atom stereocenters. The van der Waals surface area contributed by atoms with E-state index in [9.17, 15) is 24.0 Å². The van der Waals surface area contributed by atoms with Gasteiger partial charge in [-0.05, 0) is 39.8 Å². The van der Waals surface area contributed by atoms with E-state index in [1.807, 2.05) is 0 Å². The van der Waals surface area contributed by atoms with Crippen molar-refractivity contribution < 1.29 is 38.2 Å². The third-order valence-electron chi connectivity index (χ3n) is 3.72. The zero-order valence-corrected chi connectivity index (χ0v) is 17.9. The average Bonchev–Trinajstić information content (AvgIpc) is 2.98. The predicted octanol–water partition coefficient (Wildman–Crippen LogP) is 1.41. The number of esters is 2. The second-order valence-corrected chi connectivity index (χ2v) is 5.89. The Morgan fingerprint density at radius 1 is 0.935 bits per heavy atom. The van der Waals surface area contributed by atoms with Crippen molar-refractivity contribution in [1.29, 1.82) is 0 Å². The Morgan fingerprint density at radius 2 is 1.48 bits per heavy atom. The third-order valence-corrected chi connectivity index (χ3v) is 3.72. The van der Waals surface area contributed by atoms with E-state index in [2.05, 4.69) is 10.2 Å². The van der Waals surface area contributed by atoms with Gasteiger partial charge >= 0.3 is 11.9 Å². The number of nitrogens with zero attached hydrogens (tertiary/aromatic N) is 1. The van der Waals surface area contributed by atoms with Crippen molar-refractivity contribution in [2.75, 3.05) is 26.4 Å². The molecule has 0 radical (unpaired) electrons. The van der Waals surface area contributed by atoms with Crippen molar-refractivity contribution in [2.24, 2.45) is 0 Å². The summed E-state index contributed by atoms with van der Waals surface area (Å²) < 4.78 is 14.2. The summed E-state index contributed by atoms with van der Waals surface area (Å²) in [5.74, 6) is -2.43. The van der Waals surface area contributed by atoms with Crippen LogP contribution in [0.15, 0.2) is 36.1 Å². The molecule has 168 valence electrons. The number of hydrazine groups is 1. The van der Waals surface area contributed by atoms with Crippen LogP contribution in [0.25, 0.3) is 0 Å². The Labute approximate surface area is 180 Å². The van der Waals surface area contributed by atoms with Crippen molar-refractivity contribution in [3.63, 3.8) is 0 Å². The minimum absolute atomic E-state index is 0.0521. The molecule has 31 heavy (non-hydrogen) atoms. The zero-order chi connectivity index (χ0) is 23.4. The molecular formula is C21H26N2O8. The van der Waals surface area contributed by atoms with Crippen LogP contribution in [0.4, 0.5) is 0 Å². The van der Waals surface area contributed by atoms with Gasteiger partial charge in [-0.25, -0.2) is 15.2 Å². The van der Waals surface area contributed by atoms with Crippen molar-refractivity contribution in [2.45, 2.75) is 27.7 Å². The lowest BCUT2D eigenvalue weighted by molar-refractivity contribution is -0.143. The van der Waals surface area contributed by atoms with Crippen molar-refractivity contribution >= 4 is 29.5 Å². The Balaban J connectivity index is 0.000000330. The molecule has 1 N–H and O–H groups in total. The number of imide groups is 1. The fraction of sp³-hybridized carbons (Fsp3) is 0.381. The molecule has 0 atom stereocenters. The van der Waals surface area contributed by atoms with Gasteiger partial charge in [0.15, 0.2) is 5.78 Å². The van der Waals surface area contributed by atoms with Gasteiger partial charge in [-0.15, -0.1) is 0 Å². The lowest BCUT2D eigenvalue weighted by Gasteiger charge is -2.14. The van der Waals surface area contributed by atoms with Crippen LogP contribution in [0, 0.1) is 0 Å². The first kappa shape index (κ1) is 25.5. The highest BCUT2D eigenvalue weighted by atomic mass is 16.5. The first-order valence-corrected chi connectivity index (χ1v) is 9.65. The number of benzene rings is 1. The maximum atomic E-state index is 11.9. The van der Waals surface area contributed by atoms with Crippen molar-refractivity contribution in [3.05, 3.63) is 47.2 Å². The molecule has 2 amide bonds. The fourth-order valence-electron chi connectivity index (χ4n) is 2.34. The number of fused-ring (bicyclic) bond motifs is 1. The van der Waals surface area contributed by atoms with Crippen LogP contribution in [-0.2, 0) is 28.6 Å². The maximum absolute atomic E-state index is 11.9. The Hall–Kier alpha value is -3.53. The molecule has 1 aliphatic rings. The van der Waals surface area contributed by atoms with Gasteiger partial charge in [-0.2, -0.15) is 0 Å². The van der Waals surface area contributed by atoms with Gasteiger partial charge in [0.05, 0.1) is 30.9 Å². The van der Waals surface area contributed by atoms with E-state index >= 15 is 0 Å². The number of nitrogens with one attached hydrogen (secondary N) is 1. The summed E-state index contributed by atoms with van der Waals surface area (Å²) in [5.41, 5.74) is 3.08. The van der Waals surface area contributed by atoms with Crippen LogP contribution < -0.4 is 5.43 Å². The van der Waals surface area contributed by atoms with Crippen LogP contribution in [-0.4, -0.2) is 60.9 Å². The van der Waals surface area contributed by atoms with Gasteiger partial charge < -0.3 is 14.2 Å². The van der Waals surface area contributed by atoms with E-state index in [0.717, 1.165) is 11.3 Å². The normalized spacial score (nSPS) is 12.5. The fourth-order valence-corrected chi connectivity index (χ4v) is 2.34. The largest absolute Gasteiger partial charge is 0.500 e. The molecule has 0 aliphatic carbocycles. The molecule has 0 saturated carbocycles. The number of hydrogen-bond donors (Lipinski definition) is 1. The van der Waals surface area contributed by atoms with E-state index in [-0.39, 0.29) is 31.1 Å². The summed E-state index contributed by atoms with van der Waals surface area (Å²) in [4.78, 5) is 56.9. The summed E-state index contributed by atoms with van der Waals surface area (Å²) in [5, 5.41) is 0.835. The second kappa shape index (κ2) is 12.9. The molecule has 0 bridgehead atoms. The highest BCUT2D eigenvalue weighted by molar-refractivity contribution is 6.21. The molecule has 10 nitrogen and oxygen atoms in total. The monoisotopic (exact) mass is 434 g/mol. The standard InChI is InChI=1S/C12H12N2O4.C9H14O4/c1-2-18-10(15)7-13-14-11(16)8-5-3-4-6-9(8)12(14)17;1-4-12-6-8(7(3)10)9(11)13-5-2/h3-6,13H,2,7H2,1H3;6H,4-5H2,1-3H3. The van der Waals surface area contributed by atoms with Gasteiger partial charge in [0.25, 0.3) is 11.8 Å². The molecule has 0 saturated heterocycles.